The van der Waals surface area contributed by atoms with E-state index in [4.69, 9.17) is 27.7 Å². The Kier molecular flexibility index (Phi) is 4.07. The number of nitrogens with zero attached hydrogens (tertiary/aromatic N) is 5. The van der Waals surface area contributed by atoms with Crippen LogP contribution in [0.25, 0.3) is 0 Å². The zero-order valence-corrected chi connectivity index (χ0v) is 6.47. The van der Waals surface area contributed by atoms with Gasteiger partial charge in [0.1, 0.15) is 0 Å². The summed E-state index contributed by atoms with van der Waals surface area (Å²) in [7, 11) is 0. The molecule has 0 saturated carbocycles. The molecule has 0 amide bonds. The highest BCUT2D eigenvalue weighted by Gasteiger charge is 1.93. The third-order valence-corrected chi connectivity index (χ3v) is 0.737. The Balaban J connectivity index is 0.000000310. The van der Waals surface area contributed by atoms with E-state index in [1.54, 1.807) is 0 Å². The Labute approximate surface area is 73.6 Å². The molecule has 0 spiro atoms. The fourth-order valence-corrected chi connectivity index (χ4v) is 0.427. The average Bonchev–Trinajstić information content (AvgIpc) is 2.02. The van der Waals surface area contributed by atoms with E-state index < -0.39 is 0 Å². The van der Waals surface area contributed by atoms with Gasteiger partial charge in [-0.1, -0.05) is 0 Å². The Hall–Kier alpha value is -2.61. The van der Waals surface area contributed by atoms with Crippen LogP contribution in [-0.2, 0) is 0 Å². The highest BCUT2D eigenvalue weighted by Crippen LogP contribution is 1.97. The molecule has 0 aliphatic rings. The minimum absolute atomic E-state index is 0.0417. The molecule has 66 valence electrons. The summed E-state index contributed by atoms with van der Waals surface area (Å²) in [6.45, 7) is 0. The summed E-state index contributed by atoms with van der Waals surface area (Å²) in [5.41, 5.74) is 15.4. The molecule has 1 rings (SSSR count). The summed E-state index contributed by atoms with van der Waals surface area (Å²) in [5.74, 6) is 0.125. The molecule has 0 aliphatic heterocycles. The van der Waals surface area contributed by atoms with E-state index in [-0.39, 0.29) is 17.8 Å². The highest BCUT2D eigenvalue weighted by molar-refractivity contribution is 5.33. The SMILES string of the molecule is N#CC#N.Nc1nc(N)nc(N)n1. The van der Waals surface area contributed by atoms with Crippen molar-refractivity contribution >= 4 is 17.8 Å². The van der Waals surface area contributed by atoms with Crippen LogP contribution in [0.1, 0.15) is 0 Å². The number of nitrogen functional groups attached to an aromatic ring is 3. The molecule has 0 aromatic carbocycles. The maximum Gasteiger partial charge on any atom is 0.226 e. The molecule has 8 nitrogen and oxygen atoms in total. The van der Waals surface area contributed by atoms with Gasteiger partial charge in [0.05, 0.1) is 0 Å². The molecule has 0 fully saturated rings. The number of nitrogens with two attached hydrogens (primary N) is 3. The molecule has 0 unspecified atom stereocenters. The van der Waals surface area contributed by atoms with Crippen LogP contribution in [0.3, 0.4) is 0 Å². The minimum Gasteiger partial charge on any atom is -0.368 e. The maximum absolute atomic E-state index is 7.26. The first-order valence-corrected chi connectivity index (χ1v) is 2.90. The molecule has 6 N–H and O–H groups in total. The van der Waals surface area contributed by atoms with Gasteiger partial charge in [0.15, 0.2) is 12.1 Å². The van der Waals surface area contributed by atoms with Crippen LogP contribution in [0.15, 0.2) is 0 Å². The van der Waals surface area contributed by atoms with E-state index in [2.05, 4.69) is 15.0 Å². The number of anilines is 3. The second-order valence-electron chi connectivity index (χ2n) is 1.63. The molecule has 13 heavy (non-hydrogen) atoms. The van der Waals surface area contributed by atoms with Gasteiger partial charge >= 0.3 is 0 Å². The van der Waals surface area contributed by atoms with Crippen molar-refractivity contribution in [2.75, 3.05) is 17.2 Å². The van der Waals surface area contributed by atoms with Gasteiger partial charge < -0.3 is 17.2 Å². The van der Waals surface area contributed by atoms with E-state index >= 15 is 0 Å². The van der Waals surface area contributed by atoms with Crippen molar-refractivity contribution in [1.82, 2.24) is 15.0 Å². The number of hydrogen-bond acceptors (Lipinski definition) is 8. The predicted molar refractivity (Wildman–Crippen MR) is 44.3 cm³/mol. The summed E-state index contributed by atoms with van der Waals surface area (Å²) in [6.07, 6.45) is 0. The number of hydrogen-bond donors (Lipinski definition) is 3. The molecule has 0 bridgehead atoms. The number of nitriles is 2. The molecule has 1 aromatic rings. The highest BCUT2D eigenvalue weighted by atomic mass is 15.2. The van der Waals surface area contributed by atoms with Crippen molar-refractivity contribution < 1.29 is 0 Å². The Morgan fingerprint density at radius 1 is 0.769 bits per heavy atom. The summed E-state index contributed by atoms with van der Waals surface area (Å²) >= 11 is 0. The van der Waals surface area contributed by atoms with Gasteiger partial charge in [0, 0.05) is 0 Å². The second kappa shape index (κ2) is 5.09. The summed E-state index contributed by atoms with van der Waals surface area (Å²) in [6, 6.07) is 2.47. The number of aromatic nitrogens is 3. The third-order valence-electron chi connectivity index (χ3n) is 0.737. The molecular formula is C5H6N8. The average molecular weight is 178 g/mol. The van der Waals surface area contributed by atoms with Gasteiger partial charge in [-0.05, 0) is 0 Å². The van der Waals surface area contributed by atoms with Crippen molar-refractivity contribution in [2.24, 2.45) is 0 Å². The van der Waals surface area contributed by atoms with Gasteiger partial charge in [-0.2, -0.15) is 25.5 Å². The van der Waals surface area contributed by atoms with Crippen LogP contribution < -0.4 is 17.2 Å². The van der Waals surface area contributed by atoms with E-state index in [0.29, 0.717) is 0 Å². The van der Waals surface area contributed by atoms with Crippen LogP contribution in [0.2, 0.25) is 0 Å². The smallest absolute Gasteiger partial charge is 0.226 e. The quantitative estimate of drug-likeness (QED) is 0.438. The molecule has 0 saturated heterocycles. The van der Waals surface area contributed by atoms with Crippen molar-refractivity contribution in [3.05, 3.63) is 0 Å². The van der Waals surface area contributed by atoms with Crippen molar-refractivity contribution in [2.45, 2.75) is 0 Å². The van der Waals surface area contributed by atoms with E-state index in [9.17, 15) is 0 Å². The minimum atomic E-state index is 0.0417. The first-order chi connectivity index (χ1) is 6.10. The molecule has 0 atom stereocenters. The van der Waals surface area contributed by atoms with Crippen LogP contribution in [0.4, 0.5) is 17.8 Å². The lowest BCUT2D eigenvalue weighted by Crippen LogP contribution is -2.05. The fraction of sp³-hybridized carbons (Fsp3) is 0. The lowest BCUT2D eigenvalue weighted by Gasteiger charge is -1.93. The molecule has 1 aromatic heterocycles. The number of rotatable bonds is 0. The molecular weight excluding hydrogens is 172 g/mol. The second-order valence-corrected chi connectivity index (χ2v) is 1.63. The Morgan fingerprint density at radius 3 is 1.15 bits per heavy atom. The largest absolute Gasteiger partial charge is 0.368 e. The fourth-order valence-electron chi connectivity index (χ4n) is 0.427. The summed E-state index contributed by atoms with van der Waals surface area (Å²) < 4.78 is 0. The monoisotopic (exact) mass is 178 g/mol. The van der Waals surface area contributed by atoms with Crippen molar-refractivity contribution in [3.8, 4) is 12.1 Å². The van der Waals surface area contributed by atoms with E-state index in [1.807, 2.05) is 0 Å². The normalized spacial score (nSPS) is 7.23. The van der Waals surface area contributed by atoms with Gasteiger partial charge in [-0.3, -0.25) is 0 Å². The topological polar surface area (TPSA) is 164 Å². The lowest BCUT2D eigenvalue weighted by atomic mass is 10.9. The van der Waals surface area contributed by atoms with Gasteiger partial charge in [0.2, 0.25) is 17.8 Å². The zero-order chi connectivity index (χ0) is 10.3. The first-order valence-electron chi connectivity index (χ1n) is 2.90. The summed E-state index contributed by atoms with van der Waals surface area (Å²) in [5, 5.41) is 14.5. The van der Waals surface area contributed by atoms with Crippen molar-refractivity contribution in [1.29, 1.82) is 10.5 Å². The maximum atomic E-state index is 7.26. The van der Waals surface area contributed by atoms with Gasteiger partial charge in [-0.25, -0.2) is 0 Å². The first kappa shape index (κ1) is 10.4. The van der Waals surface area contributed by atoms with Crippen LogP contribution >= 0.6 is 0 Å². The van der Waals surface area contributed by atoms with Crippen molar-refractivity contribution in [3.63, 3.8) is 0 Å². The zero-order valence-electron chi connectivity index (χ0n) is 6.47. The van der Waals surface area contributed by atoms with Gasteiger partial charge in [-0.15, -0.1) is 0 Å². The summed E-state index contributed by atoms with van der Waals surface area (Å²) in [4.78, 5) is 10.5. The molecule has 0 radical (unpaired) electrons. The Morgan fingerprint density at radius 2 is 1.00 bits per heavy atom. The lowest BCUT2D eigenvalue weighted by molar-refractivity contribution is 1.09. The third kappa shape index (κ3) is 4.75. The Bertz CT molecular complexity index is 295. The molecule has 8 heteroatoms. The van der Waals surface area contributed by atoms with Crippen LogP contribution in [-0.4, -0.2) is 15.0 Å². The molecule has 0 aliphatic carbocycles. The van der Waals surface area contributed by atoms with Crippen LogP contribution in [0, 0.1) is 22.7 Å². The predicted octanol–water partition coefficient (Wildman–Crippen LogP) is -1.35. The standard InChI is InChI=1S/C3H6N6.C2N2/c4-1-7-2(5)9-3(6)8-1;3-1-2-4/h(H6,4,5,6,7,8,9);. The van der Waals surface area contributed by atoms with Crippen LogP contribution in [0.5, 0.6) is 0 Å². The molecule has 1 heterocycles. The van der Waals surface area contributed by atoms with Gasteiger partial charge in [0.25, 0.3) is 0 Å². The van der Waals surface area contributed by atoms with E-state index in [1.165, 1.54) is 12.1 Å². The van der Waals surface area contributed by atoms with E-state index in [0.717, 1.165) is 0 Å².